The van der Waals surface area contributed by atoms with Crippen LogP contribution < -0.4 is 0 Å². The molecule has 0 saturated carbocycles. The van der Waals surface area contributed by atoms with Crippen molar-refractivity contribution < 1.29 is 19.1 Å². The lowest BCUT2D eigenvalue weighted by Crippen LogP contribution is -2.41. The summed E-state index contributed by atoms with van der Waals surface area (Å²) in [7, 11) is 0. The van der Waals surface area contributed by atoms with Gasteiger partial charge in [-0.05, 0) is 64.6 Å². The molecule has 5 nitrogen and oxygen atoms in total. The van der Waals surface area contributed by atoms with Crippen LogP contribution in [0.25, 0.3) is 0 Å². The Morgan fingerprint density at radius 2 is 2.24 bits per heavy atom. The van der Waals surface area contributed by atoms with Crippen LogP contribution in [0.1, 0.15) is 52.4 Å². The molecular weight excluding hydrogens is 318 g/mol. The summed E-state index contributed by atoms with van der Waals surface area (Å²) in [6, 6.07) is 0.199. The molecule has 0 amide bonds. The number of ether oxygens (including phenoxy) is 2. The topological polar surface area (TPSA) is 55.8 Å². The van der Waals surface area contributed by atoms with Crippen LogP contribution in [0.5, 0.6) is 0 Å². The fourth-order valence-corrected chi connectivity index (χ4v) is 3.69. The van der Waals surface area contributed by atoms with Crippen LogP contribution in [0.3, 0.4) is 0 Å². The fraction of sp³-hybridized carbons (Fsp3) is 0.700. The zero-order chi connectivity index (χ0) is 18.4. The van der Waals surface area contributed by atoms with E-state index in [4.69, 9.17) is 9.47 Å². The molecule has 2 aliphatic rings. The van der Waals surface area contributed by atoms with Crippen molar-refractivity contribution in [3.05, 3.63) is 24.8 Å². The van der Waals surface area contributed by atoms with Gasteiger partial charge in [0.1, 0.15) is 12.2 Å². The predicted molar refractivity (Wildman–Crippen MR) is 97.0 cm³/mol. The lowest BCUT2D eigenvalue weighted by atomic mass is 10.0. The van der Waals surface area contributed by atoms with Crippen LogP contribution >= 0.6 is 0 Å². The summed E-state index contributed by atoms with van der Waals surface area (Å²) in [5, 5.41) is 0. The van der Waals surface area contributed by atoms with Crippen LogP contribution in [0.2, 0.25) is 0 Å². The van der Waals surface area contributed by atoms with E-state index in [2.05, 4.69) is 18.1 Å². The largest absolute Gasteiger partial charge is 0.462 e. The zero-order valence-electron chi connectivity index (χ0n) is 15.5. The van der Waals surface area contributed by atoms with E-state index < -0.39 is 0 Å². The van der Waals surface area contributed by atoms with E-state index in [1.54, 1.807) is 13.0 Å². The normalized spacial score (nSPS) is 27.8. The van der Waals surface area contributed by atoms with Gasteiger partial charge in [-0.1, -0.05) is 20.1 Å². The maximum atomic E-state index is 11.8. The molecule has 0 aromatic heterocycles. The molecule has 0 N–H and O–H groups in total. The van der Waals surface area contributed by atoms with Crippen LogP contribution in [0.15, 0.2) is 24.8 Å². The molecular formula is C20H31NO4. The number of rotatable bonds is 9. The fourth-order valence-electron chi connectivity index (χ4n) is 3.69. The summed E-state index contributed by atoms with van der Waals surface area (Å²) in [6.07, 6.45) is 7.52. The molecule has 4 atom stereocenters. The summed E-state index contributed by atoms with van der Waals surface area (Å²) in [5.74, 6) is -0.365. The van der Waals surface area contributed by atoms with Gasteiger partial charge in [0.15, 0.2) is 0 Å². The van der Waals surface area contributed by atoms with Gasteiger partial charge < -0.3 is 9.47 Å². The molecule has 0 aromatic carbocycles. The van der Waals surface area contributed by atoms with E-state index in [0.717, 1.165) is 51.6 Å². The lowest BCUT2D eigenvalue weighted by Gasteiger charge is -2.29. The second-order valence-corrected chi connectivity index (χ2v) is 7.32. The highest BCUT2D eigenvalue weighted by Gasteiger charge is 2.33. The van der Waals surface area contributed by atoms with E-state index in [1.807, 2.05) is 6.92 Å². The minimum Gasteiger partial charge on any atom is -0.462 e. The minimum absolute atomic E-state index is 0.0457. The highest BCUT2D eigenvalue weighted by molar-refractivity contribution is 5.87. The Kier molecular flexibility index (Phi) is 7.24. The second-order valence-electron chi connectivity index (χ2n) is 7.32. The summed E-state index contributed by atoms with van der Waals surface area (Å²) < 4.78 is 10.9. The van der Waals surface area contributed by atoms with E-state index in [0.29, 0.717) is 5.57 Å². The summed E-state index contributed by atoms with van der Waals surface area (Å²) in [5.41, 5.74) is 0.414. The number of hydrogen-bond acceptors (Lipinski definition) is 5. The molecule has 0 spiro atoms. The Morgan fingerprint density at radius 3 is 2.84 bits per heavy atom. The smallest absolute Gasteiger partial charge is 0.333 e. The van der Waals surface area contributed by atoms with Gasteiger partial charge in [-0.2, -0.15) is 0 Å². The Morgan fingerprint density at radius 1 is 1.48 bits per heavy atom. The average Bonchev–Trinajstić information content (AvgIpc) is 3.15. The van der Waals surface area contributed by atoms with Crippen molar-refractivity contribution >= 4 is 11.9 Å². The van der Waals surface area contributed by atoms with Gasteiger partial charge in [0, 0.05) is 5.57 Å². The van der Waals surface area contributed by atoms with E-state index in [-0.39, 0.29) is 36.1 Å². The summed E-state index contributed by atoms with van der Waals surface area (Å²) in [6.45, 7) is 13.1. The van der Waals surface area contributed by atoms with Crippen LogP contribution in [0, 0.1) is 5.92 Å². The Bertz CT molecular complexity index is 516. The van der Waals surface area contributed by atoms with Crippen molar-refractivity contribution in [1.29, 1.82) is 0 Å². The van der Waals surface area contributed by atoms with E-state index in [9.17, 15) is 9.59 Å². The molecule has 0 bridgehead atoms. The van der Waals surface area contributed by atoms with Crippen LogP contribution in [-0.4, -0.2) is 48.2 Å². The molecule has 2 saturated heterocycles. The highest BCUT2D eigenvalue weighted by atomic mass is 16.6. The SMILES string of the molecule is C=C[C@@H](OC(=O)C(=C)C)[C@H]1CCCN1CCCC[C@@H]1C[C@@H](C)C(=O)O1. The number of cyclic esters (lactones) is 1. The van der Waals surface area contributed by atoms with Gasteiger partial charge >= 0.3 is 11.9 Å². The van der Waals surface area contributed by atoms with Crippen molar-refractivity contribution in [3.63, 3.8) is 0 Å². The molecule has 5 heteroatoms. The molecule has 0 aromatic rings. The molecule has 2 heterocycles. The number of carbonyl (C=O) groups is 2. The molecule has 0 radical (unpaired) electrons. The zero-order valence-corrected chi connectivity index (χ0v) is 15.5. The first-order valence-corrected chi connectivity index (χ1v) is 9.36. The summed E-state index contributed by atoms with van der Waals surface area (Å²) >= 11 is 0. The van der Waals surface area contributed by atoms with Crippen LogP contribution in [-0.2, 0) is 19.1 Å². The molecule has 2 rings (SSSR count). The van der Waals surface area contributed by atoms with Gasteiger partial charge in [-0.15, -0.1) is 0 Å². The maximum absolute atomic E-state index is 11.8. The number of esters is 2. The van der Waals surface area contributed by atoms with E-state index in [1.165, 1.54) is 0 Å². The Hall–Kier alpha value is -1.62. The summed E-state index contributed by atoms with van der Waals surface area (Å²) in [4.78, 5) is 25.6. The van der Waals surface area contributed by atoms with Gasteiger partial charge in [0.05, 0.1) is 12.0 Å². The third-order valence-corrected chi connectivity index (χ3v) is 5.14. The second kappa shape index (κ2) is 9.18. The lowest BCUT2D eigenvalue weighted by molar-refractivity contribution is -0.145. The monoisotopic (exact) mass is 349 g/mol. The average molecular weight is 349 g/mol. The molecule has 0 unspecified atom stereocenters. The Balaban J connectivity index is 1.74. The third-order valence-electron chi connectivity index (χ3n) is 5.14. The molecule has 2 fully saturated rings. The number of carbonyl (C=O) groups excluding carboxylic acids is 2. The first kappa shape index (κ1) is 19.7. The molecule has 0 aliphatic carbocycles. The Labute approximate surface area is 151 Å². The number of hydrogen-bond donors (Lipinski definition) is 0. The van der Waals surface area contributed by atoms with E-state index >= 15 is 0 Å². The van der Waals surface area contributed by atoms with Crippen molar-refractivity contribution in [2.24, 2.45) is 5.92 Å². The predicted octanol–water partition coefficient (Wildman–Crippen LogP) is 3.25. The van der Waals surface area contributed by atoms with Crippen molar-refractivity contribution in [2.75, 3.05) is 13.1 Å². The van der Waals surface area contributed by atoms with Crippen molar-refractivity contribution in [1.82, 2.24) is 4.90 Å². The molecule has 140 valence electrons. The quantitative estimate of drug-likeness (QED) is 0.277. The first-order chi connectivity index (χ1) is 11.9. The number of unbranched alkanes of at least 4 members (excludes halogenated alkanes) is 1. The van der Waals surface area contributed by atoms with Gasteiger partial charge in [0.2, 0.25) is 0 Å². The molecule has 2 aliphatic heterocycles. The molecule has 25 heavy (non-hydrogen) atoms. The first-order valence-electron chi connectivity index (χ1n) is 9.36. The van der Waals surface area contributed by atoms with Gasteiger partial charge in [-0.3, -0.25) is 9.69 Å². The minimum atomic E-state index is -0.353. The van der Waals surface area contributed by atoms with Gasteiger partial charge in [-0.25, -0.2) is 4.79 Å². The van der Waals surface area contributed by atoms with Crippen LogP contribution in [0.4, 0.5) is 0 Å². The highest BCUT2D eigenvalue weighted by Crippen LogP contribution is 2.26. The number of likely N-dealkylation sites (tertiary alicyclic amines) is 1. The standard InChI is InChI=1S/C20H31NO4/c1-5-18(25-19(22)14(2)3)17-10-8-12-21(17)11-7-6-9-16-13-15(4)20(23)24-16/h5,15-18H,1-2,6-13H2,3-4H3/t15-,16-,17-,18-/m1/s1. The van der Waals surface area contributed by atoms with Gasteiger partial charge in [0.25, 0.3) is 0 Å². The number of nitrogens with zero attached hydrogens (tertiary/aromatic N) is 1. The maximum Gasteiger partial charge on any atom is 0.333 e. The third kappa shape index (κ3) is 5.43. The van der Waals surface area contributed by atoms with Crippen molar-refractivity contribution in [2.45, 2.75) is 70.6 Å². The van der Waals surface area contributed by atoms with Crippen molar-refractivity contribution in [3.8, 4) is 0 Å².